The van der Waals surface area contributed by atoms with Crippen LogP contribution in [0.3, 0.4) is 0 Å². The average Bonchev–Trinajstić information content (AvgIpc) is 3.04. The molecule has 156 valence electrons. The molecule has 3 aromatic carbocycles. The van der Waals surface area contributed by atoms with Crippen LogP contribution in [0.15, 0.2) is 84.0 Å². The summed E-state index contributed by atoms with van der Waals surface area (Å²) in [6.45, 7) is 0. The van der Waals surface area contributed by atoms with Crippen LogP contribution in [0.5, 0.6) is 0 Å². The highest BCUT2D eigenvalue weighted by atomic mass is 19.1. The number of hydrogen-bond donors (Lipinski definition) is 1. The fraction of sp³-hybridized carbons (Fsp3) is 0.125. The third kappa shape index (κ3) is 3.54. The fourth-order valence-corrected chi connectivity index (χ4v) is 3.65. The Morgan fingerprint density at radius 2 is 1.52 bits per heavy atom. The molecule has 3 aromatic rings. The molecule has 3 amide bonds. The van der Waals surface area contributed by atoms with E-state index in [-0.39, 0.29) is 0 Å². The number of hydrogen-bond acceptors (Lipinski definition) is 4. The number of nitrogens with zero attached hydrogens (tertiary/aromatic N) is 3. The number of anilines is 1. The molecule has 31 heavy (non-hydrogen) atoms. The first-order valence-electron chi connectivity index (χ1n) is 9.72. The topological polar surface area (TPSA) is 65.0 Å². The molecule has 0 saturated carbocycles. The summed E-state index contributed by atoms with van der Waals surface area (Å²) in [5, 5.41) is 7.69. The molecule has 0 radical (unpaired) electrons. The molecule has 1 aliphatic heterocycles. The van der Waals surface area contributed by atoms with E-state index in [1.807, 2.05) is 12.1 Å². The summed E-state index contributed by atoms with van der Waals surface area (Å²) < 4.78 is 14.3. The summed E-state index contributed by atoms with van der Waals surface area (Å²) in [4.78, 5) is 28.0. The molecule has 0 spiro atoms. The monoisotopic (exact) mass is 416 g/mol. The fourth-order valence-electron chi connectivity index (χ4n) is 3.65. The number of halogens is 1. The molecule has 1 aliphatic rings. The molecule has 1 N–H and O–H groups in total. The molecule has 1 fully saturated rings. The summed E-state index contributed by atoms with van der Waals surface area (Å²) in [6, 6.07) is 22.0. The van der Waals surface area contributed by atoms with Crippen molar-refractivity contribution in [3.63, 3.8) is 0 Å². The standard InChI is InChI=1S/C24H21FN4O2/c1-28(2)21-14-13-17(15-20(21)25)16-26-29-22(30)24(27-23(29)31,18-9-5-3-6-10-18)19-11-7-4-8-12-19/h3-16H,1-2H3,(H,27,31)/b26-16+. The molecule has 0 aliphatic carbocycles. The second-order valence-corrected chi connectivity index (χ2v) is 7.38. The van der Waals surface area contributed by atoms with Gasteiger partial charge < -0.3 is 10.2 Å². The molecule has 0 unspecified atom stereocenters. The molecule has 0 bridgehead atoms. The van der Waals surface area contributed by atoms with Crippen LogP contribution in [0.25, 0.3) is 0 Å². The average molecular weight is 416 g/mol. The highest BCUT2D eigenvalue weighted by molar-refractivity contribution is 6.09. The third-order valence-corrected chi connectivity index (χ3v) is 5.19. The van der Waals surface area contributed by atoms with Gasteiger partial charge in [-0.25, -0.2) is 9.18 Å². The highest BCUT2D eigenvalue weighted by Crippen LogP contribution is 2.36. The maximum atomic E-state index is 14.3. The van der Waals surface area contributed by atoms with Gasteiger partial charge in [-0.1, -0.05) is 66.7 Å². The van der Waals surface area contributed by atoms with E-state index in [4.69, 9.17) is 0 Å². The van der Waals surface area contributed by atoms with Crippen LogP contribution >= 0.6 is 0 Å². The summed E-state index contributed by atoms with van der Waals surface area (Å²) in [7, 11) is 3.48. The summed E-state index contributed by atoms with van der Waals surface area (Å²) in [5.74, 6) is -0.953. The van der Waals surface area contributed by atoms with Gasteiger partial charge in [-0.2, -0.15) is 5.10 Å². The first-order chi connectivity index (χ1) is 14.9. The Bertz CT molecular complexity index is 1110. The number of hydrazone groups is 1. The first-order valence-corrected chi connectivity index (χ1v) is 9.72. The van der Waals surface area contributed by atoms with Crippen molar-refractivity contribution < 1.29 is 14.0 Å². The molecular weight excluding hydrogens is 395 g/mol. The number of imide groups is 1. The molecule has 0 atom stereocenters. The maximum Gasteiger partial charge on any atom is 0.346 e. The number of nitrogens with one attached hydrogen (secondary N) is 1. The molecule has 6 nitrogen and oxygen atoms in total. The van der Waals surface area contributed by atoms with E-state index >= 15 is 0 Å². The van der Waals surface area contributed by atoms with Crippen molar-refractivity contribution in [2.45, 2.75) is 5.54 Å². The van der Waals surface area contributed by atoms with Gasteiger partial charge in [0.05, 0.1) is 11.9 Å². The quantitative estimate of drug-likeness (QED) is 0.509. The summed E-state index contributed by atoms with van der Waals surface area (Å²) >= 11 is 0. The number of urea groups is 1. The number of carbonyl (C=O) groups excluding carboxylic acids is 2. The molecule has 1 saturated heterocycles. The van der Waals surface area contributed by atoms with Crippen molar-refractivity contribution in [1.29, 1.82) is 0 Å². The van der Waals surface area contributed by atoms with Crippen LogP contribution in [0.1, 0.15) is 16.7 Å². The van der Waals surface area contributed by atoms with Crippen LogP contribution in [0, 0.1) is 5.82 Å². The van der Waals surface area contributed by atoms with Gasteiger partial charge in [-0.15, -0.1) is 5.01 Å². The number of rotatable bonds is 5. The maximum absolute atomic E-state index is 14.3. The Labute approximate surface area is 179 Å². The van der Waals surface area contributed by atoms with Crippen LogP contribution in [-0.2, 0) is 10.3 Å². The van der Waals surface area contributed by atoms with Gasteiger partial charge in [0.15, 0.2) is 5.54 Å². The lowest BCUT2D eigenvalue weighted by Crippen LogP contribution is -2.44. The highest BCUT2D eigenvalue weighted by Gasteiger charge is 2.54. The van der Waals surface area contributed by atoms with E-state index in [0.717, 1.165) is 5.01 Å². The van der Waals surface area contributed by atoms with Gasteiger partial charge in [0, 0.05) is 14.1 Å². The van der Waals surface area contributed by atoms with Gasteiger partial charge in [0.1, 0.15) is 5.82 Å². The van der Waals surface area contributed by atoms with Gasteiger partial charge >= 0.3 is 6.03 Å². The van der Waals surface area contributed by atoms with Crippen molar-refractivity contribution in [3.8, 4) is 0 Å². The minimum atomic E-state index is -1.39. The van der Waals surface area contributed by atoms with E-state index < -0.39 is 23.3 Å². The third-order valence-electron chi connectivity index (χ3n) is 5.19. The zero-order valence-electron chi connectivity index (χ0n) is 17.1. The van der Waals surface area contributed by atoms with Gasteiger partial charge in [-0.05, 0) is 28.8 Å². The number of carbonyl (C=O) groups is 2. The minimum Gasteiger partial charge on any atom is -0.375 e. The molecule has 1 heterocycles. The van der Waals surface area contributed by atoms with Gasteiger partial charge in [0.2, 0.25) is 0 Å². The van der Waals surface area contributed by atoms with Crippen molar-refractivity contribution in [1.82, 2.24) is 10.3 Å². The predicted octanol–water partition coefficient (Wildman–Crippen LogP) is 3.72. The van der Waals surface area contributed by atoms with E-state index in [1.54, 1.807) is 79.7 Å². The van der Waals surface area contributed by atoms with Crippen LogP contribution in [-0.4, -0.2) is 37.3 Å². The summed E-state index contributed by atoms with van der Waals surface area (Å²) in [6.07, 6.45) is 1.30. The predicted molar refractivity (Wildman–Crippen MR) is 117 cm³/mol. The Morgan fingerprint density at radius 3 is 2.03 bits per heavy atom. The Kier molecular flexibility index (Phi) is 5.25. The lowest BCUT2D eigenvalue weighted by molar-refractivity contribution is -0.130. The van der Waals surface area contributed by atoms with Crippen molar-refractivity contribution >= 4 is 23.8 Å². The Balaban J connectivity index is 1.72. The first kappa shape index (κ1) is 20.3. The van der Waals surface area contributed by atoms with E-state index in [2.05, 4.69) is 10.4 Å². The number of amides is 3. The largest absolute Gasteiger partial charge is 0.375 e. The number of benzene rings is 3. The molecular formula is C24H21FN4O2. The van der Waals surface area contributed by atoms with Crippen LogP contribution < -0.4 is 10.2 Å². The lowest BCUT2D eigenvalue weighted by atomic mass is 9.83. The van der Waals surface area contributed by atoms with Crippen LogP contribution in [0.2, 0.25) is 0 Å². The van der Waals surface area contributed by atoms with E-state index in [0.29, 0.717) is 22.4 Å². The van der Waals surface area contributed by atoms with Crippen LogP contribution in [0.4, 0.5) is 14.9 Å². The van der Waals surface area contributed by atoms with E-state index in [9.17, 15) is 14.0 Å². The van der Waals surface area contributed by atoms with Crippen molar-refractivity contribution in [3.05, 3.63) is 101 Å². The molecule has 7 heteroatoms. The lowest BCUT2D eigenvalue weighted by Gasteiger charge is -2.27. The Hall–Kier alpha value is -4.00. The van der Waals surface area contributed by atoms with Crippen molar-refractivity contribution in [2.75, 3.05) is 19.0 Å². The molecule has 4 rings (SSSR count). The van der Waals surface area contributed by atoms with E-state index in [1.165, 1.54) is 12.3 Å². The normalized spacial score (nSPS) is 15.4. The smallest absolute Gasteiger partial charge is 0.346 e. The molecule has 0 aromatic heterocycles. The zero-order chi connectivity index (χ0) is 22.0. The zero-order valence-corrected chi connectivity index (χ0v) is 17.1. The second kappa shape index (κ2) is 8.02. The Morgan fingerprint density at radius 1 is 0.935 bits per heavy atom. The minimum absolute atomic E-state index is 0.422. The van der Waals surface area contributed by atoms with Crippen molar-refractivity contribution in [2.24, 2.45) is 5.10 Å². The van der Waals surface area contributed by atoms with Gasteiger partial charge in [-0.3, -0.25) is 4.79 Å². The summed E-state index contributed by atoms with van der Waals surface area (Å²) in [5.41, 5.74) is 0.717. The van der Waals surface area contributed by atoms with Gasteiger partial charge in [0.25, 0.3) is 5.91 Å². The second-order valence-electron chi connectivity index (χ2n) is 7.38. The SMILES string of the molecule is CN(C)c1ccc(/C=N/N2C(=O)NC(c3ccccc3)(c3ccccc3)C2=O)cc1F.